The molecule has 1 amide bonds. The second kappa shape index (κ2) is 9.32. The SMILES string of the molecule is CCNC(=NCc1ccc(N2CCCCC2=O)cc1)N1CCC(c2cnn(C)c2)C1. The topological polar surface area (TPSA) is 65.8 Å². The molecule has 0 aliphatic carbocycles. The standard InChI is InChI=1S/C23H32N6O/c1-3-24-23(28-13-11-19(17-28)20-15-26-27(2)16-20)25-14-18-7-9-21(10-8-18)29-12-5-4-6-22(29)30/h7-10,15-16,19H,3-6,11-14,17H2,1-2H3,(H,24,25). The number of carbonyl (C=O) groups excluding carboxylic acids is 1. The van der Waals surface area contributed by atoms with Gasteiger partial charge in [-0.3, -0.25) is 9.48 Å². The minimum Gasteiger partial charge on any atom is -0.357 e. The van der Waals surface area contributed by atoms with Crippen molar-refractivity contribution in [3.05, 3.63) is 47.8 Å². The Morgan fingerprint density at radius 1 is 1.23 bits per heavy atom. The molecule has 1 atom stereocenters. The van der Waals surface area contributed by atoms with Crippen LogP contribution >= 0.6 is 0 Å². The second-order valence-corrected chi connectivity index (χ2v) is 8.22. The Balaban J connectivity index is 1.39. The first-order valence-corrected chi connectivity index (χ1v) is 11.0. The molecule has 7 nitrogen and oxygen atoms in total. The molecule has 4 rings (SSSR count). The summed E-state index contributed by atoms with van der Waals surface area (Å²) in [5, 5.41) is 7.76. The number of guanidine groups is 1. The van der Waals surface area contributed by atoms with Crippen LogP contribution in [0.4, 0.5) is 5.69 Å². The smallest absolute Gasteiger partial charge is 0.226 e. The van der Waals surface area contributed by atoms with Crippen LogP contribution < -0.4 is 10.2 Å². The van der Waals surface area contributed by atoms with E-state index in [0.29, 0.717) is 18.9 Å². The number of benzene rings is 1. The zero-order valence-electron chi connectivity index (χ0n) is 18.0. The normalized spacial score (nSPS) is 20.1. The molecule has 160 valence electrons. The lowest BCUT2D eigenvalue weighted by atomic mass is 10.0. The van der Waals surface area contributed by atoms with E-state index in [4.69, 9.17) is 4.99 Å². The molecule has 30 heavy (non-hydrogen) atoms. The molecule has 1 aromatic heterocycles. The van der Waals surface area contributed by atoms with E-state index in [-0.39, 0.29) is 5.91 Å². The van der Waals surface area contributed by atoms with Gasteiger partial charge < -0.3 is 15.1 Å². The van der Waals surface area contributed by atoms with Crippen LogP contribution in [0.3, 0.4) is 0 Å². The number of carbonyl (C=O) groups is 1. The number of aryl methyl sites for hydroxylation is 1. The molecule has 0 bridgehead atoms. The number of nitrogens with one attached hydrogen (secondary N) is 1. The molecule has 2 aliphatic heterocycles. The number of aliphatic imine (C=N–C) groups is 1. The van der Waals surface area contributed by atoms with Crippen LogP contribution in [0.25, 0.3) is 0 Å². The lowest BCUT2D eigenvalue weighted by Crippen LogP contribution is -2.40. The van der Waals surface area contributed by atoms with Gasteiger partial charge in [0, 0.05) is 57.4 Å². The average molecular weight is 409 g/mol. The number of anilines is 1. The van der Waals surface area contributed by atoms with Gasteiger partial charge in [0.1, 0.15) is 0 Å². The summed E-state index contributed by atoms with van der Waals surface area (Å²) in [5.41, 5.74) is 3.46. The predicted octanol–water partition coefficient (Wildman–Crippen LogP) is 2.89. The van der Waals surface area contributed by atoms with Crippen molar-refractivity contribution >= 4 is 17.6 Å². The molecule has 0 saturated carbocycles. The molecule has 7 heteroatoms. The van der Waals surface area contributed by atoms with Crippen LogP contribution in [0.15, 0.2) is 41.7 Å². The first-order chi connectivity index (χ1) is 14.6. The van der Waals surface area contributed by atoms with E-state index < -0.39 is 0 Å². The summed E-state index contributed by atoms with van der Waals surface area (Å²) in [7, 11) is 1.97. The van der Waals surface area contributed by atoms with E-state index in [1.165, 1.54) is 5.56 Å². The Morgan fingerprint density at radius 2 is 2.07 bits per heavy atom. The van der Waals surface area contributed by atoms with Crippen LogP contribution in [0.1, 0.15) is 49.7 Å². The molecule has 0 radical (unpaired) electrons. The summed E-state index contributed by atoms with van der Waals surface area (Å²) in [4.78, 5) is 21.3. The largest absolute Gasteiger partial charge is 0.357 e. The fraction of sp³-hybridized carbons (Fsp3) is 0.522. The second-order valence-electron chi connectivity index (χ2n) is 8.22. The zero-order valence-corrected chi connectivity index (χ0v) is 18.0. The van der Waals surface area contributed by atoms with Crippen molar-refractivity contribution in [1.82, 2.24) is 20.0 Å². The van der Waals surface area contributed by atoms with Crippen LogP contribution in [0.2, 0.25) is 0 Å². The van der Waals surface area contributed by atoms with Gasteiger partial charge in [-0.15, -0.1) is 0 Å². The van der Waals surface area contributed by atoms with Crippen molar-refractivity contribution in [3.63, 3.8) is 0 Å². The minimum absolute atomic E-state index is 0.235. The van der Waals surface area contributed by atoms with Crippen molar-refractivity contribution < 1.29 is 4.79 Å². The number of hydrogen-bond donors (Lipinski definition) is 1. The predicted molar refractivity (Wildman–Crippen MR) is 120 cm³/mol. The number of likely N-dealkylation sites (tertiary alicyclic amines) is 1. The third kappa shape index (κ3) is 4.66. The van der Waals surface area contributed by atoms with E-state index in [1.54, 1.807) is 0 Å². The van der Waals surface area contributed by atoms with Gasteiger partial charge in [0.2, 0.25) is 5.91 Å². The summed E-state index contributed by atoms with van der Waals surface area (Å²) in [6.45, 7) is 6.38. The van der Waals surface area contributed by atoms with Crippen LogP contribution in [-0.4, -0.2) is 52.7 Å². The van der Waals surface area contributed by atoms with Crippen LogP contribution in [0, 0.1) is 0 Å². The number of piperidine rings is 1. The van der Waals surface area contributed by atoms with Gasteiger partial charge in [0.15, 0.2) is 5.96 Å². The number of hydrogen-bond acceptors (Lipinski definition) is 3. The maximum Gasteiger partial charge on any atom is 0.226 e. The lowest BCUT2D eigenvalue weighted by molar-refractivity contribution is -0.119. The van der Waals surface area contributed by atoms with Gasteiger partial charge in [-0.2, -0.15) is 5.10 Å². The quantitative estimate of drug-likeness (QED) is 0.610. The maximum atomic E-state index is 12.1. The first kappa shape index (κ1) is 20.4. The molecule has 2 saturated heterocycles. The zero-order chi connectivity index (χ0) is 20.9. The van der Waals surface area contributed by atoms with Crippen molar-refractivity contribution in [3.8, 4) is 0 Å². The Labute approximate surface area is 178 Å². The molecule has 1 N–H and O–H groups in total. The highest BCUT2D eigenvalue weighted by Crippen LogP contribution is 2.27. The van der Waals surface area contributed by atoms with Gasteiger partial charge in [0.05, 0.1) is 12.7 Å². The fourth-order valence-electron chi connectivity index (χ4n) is 4.33. The number of amides is 1. The van der Waals surface area contributed by atoms with Gasteiger partial charge in [-0.1, -0.05) is 12.1 Å². The third-order valence-corrected chi connectivity index (χ3v) is 6.00. The van der Waals surface area contributed by atoms with E-state index in [0.717, 1.165) is 62.7 Å². The highest BCUT2D eigenvalue weighted by Gasteiger charge is 2.27. The van der Waals surface area contributed by atoms with E-state index in [1.807, 2.05) is 22.8 Å². The fourth-order valence-corrected chi connectivity index (χ4v) is 4.33. The van der Waals surface area contributed by atoms with Crippen LogP contribution in [-0.2, 0) is 18.4 Å². The average Bonchev–Trinajstić information content (AvgIpc) is 3.41. The highest BCUT2D eigenvalue weighted by atomic mass is 16.2. The van der Waals surface area contributed by atoms with Gasteiger partial charge in [0.25, 0.3) is 0 Å². The highest BCUT2D eigenvalue weighted by molar-refractivity contribution is 5.93. The lowest BCUT2D eigenvalue weighted by Gasteiger charge is -2.26. The minimum atomic E-state index is 0.235. The molecule has 3 heterocycles. The van der Waals surface area contributed by atoms with Crippen molar-refractivity contribution in [2.75, 3.05) is 31.1 Å². The first-order valence-electron chi connectivity index (χ1n) is 11.0. The van der Waals surface area contributed by atoms with Crippen molar-refractivity contribution in [1.29, 1.82) is 0 Å². The molecule has 0 spiro atoms. The van der Waals surface area contributed by atoms with Gasteiger partial charge in [-0.25, -0.2) is 4.99 Å². The van der Waals surface area contributed by atoms with Gasteiger partial charge in [-0.05, 0) is 49.4 Å². The molecule has 2 fully saturated rings. The summed E-state index contributed by atoms with van der Waals surface area (Å²) >= 11 is 0. The summed E-state index contributed by atoms with van der Waals surface area (Å²) in [6.07, 6.45) is 7.97. The number of rotatable bonds is 5. The van der Waals surface area contributed by atoms with Crippen molar-refractivity contribution in [2.45, 2.75) is 45.1 Å². The molecular weight excluding hydrogens is 376 g/mol. The van der Waals surface area contributed by atoms with E-state index >= 15 is 0 Å². The van der Waals surface area contributed by atoms with Gasteiger partial charge >= 0.3 is 0 Å². The molecule has 2 aromatic rings. The number of aromatic nitrogens is 2. The molecule has 1 unspecified atom stereocenters. The van der Waals surface area contributed by atoms with Crippen LogP contribution in [0.5, 0.6) is 0 Å². The Hall–Kier alpha value is -2.83. The monoisotopic (exact) mass is 408 g/mol. The van der Waals surface area contributed by atoms with E-state index in [9.17, 15) is 4.79 Å². The van der Waals surface area contributed by atoms with Crippen molar-refractivity contribution in [2.24, 2.45) is 12.0 Å². The Morgan fingerprint density at radius 3 is 2.77 bits per heavy atom. The Kier molecular flexibility index (Phi) is 6.35. The summed E-state index contributed by atoms with van der Waals surface area (Å²) in [5.74, 6) is 1.71. The molecule has 1 aromatic carbocycles. The molecular formula is C23H32N6O. The third-order valence-electron chi connectivity index (χ3n) is 6.00. The maximum absolute atomic E-state index is 12.1. The summed E-state index contributed by atoms with van der Waals surface area (Å²) < 4.78 is 1.87. The number of nitrogens with zero attached hydrogens (tertiary/aromatic N) is 5. The van der Waals surface area contributed by atoms with E-state index in [2.05, 4.69) is 52.7 Å². The molecule has 2 aliphatic rings. The Bertz CT molecular complexity index is 887. The summed E-state index contributed by atoms with van der Waals surface area (Å²) in [6, 6.07) is 8.28.